The van der Waals surface area contributed by atoms with Crippen molar-refractivity contribution in [3.63, 3.8) is 0 Å². The fourth-order valence-corrected chi connectivity index (χ4v) is 4.41. The van der Waals surface area contributed by atoms with Crippen LogP contribution < -0.4 is 5.32 Å². The predicted molar refractivity (Wildman–Crippen MR) is 130 cm³/mol. The van der Waals surface area contributed by atoms with Crippen LogP contribution in [0.3, 0.4) is 0 Å². The van der Waals surface area contributed by atoms with E-state index in [4.69, 9.17) is 4.74 Å². The Labute approximate surface area is 195 Å². The van der Waals surface area contributed by atoms with Crippen LogP contribution in [0, 0.1) is 6.92 Å². The summed E-state index contributed by atoms with van der Waals surface area (Å²) in [5, 5.41) is 4.06. The van der Waals surface area contributed by atoms with E-state index < -0.39 is 5.54 Å². The van der Waals surface area contributed by atoms with Crippen LogP contribution in [0.2, 0.25) is 0 Å². The van der Waals surface area contributed by atoms with E-state index in [0.717, 1.165) is 28.5 Å². The number of aromatic nitrogens is 1. The zero-order valence-electron chi connectivity index (χ0n) is 19.9. The highest BCUT2D eigenvalue weighted by atomic mass is 16.5. The summed E-state index contributed by atoms with van der Waals surface area (Å²) in [6.45, 7) is 9.78. The molecule has 0 bridgehead atoms. The summed E-state index contributed by atoms with van der Waals surface area (Å²) in [7, 11) is 0. The van der Waals surface area contributed by atoms with Crippen LogP contribution in [0.5, 0.6) is 0 Å². The summed E-state index contributed by atoms with van der Waals surface area (Å²) < 4.78 is 7.58. The van der Waals surface area contributed by atoms with Gasteiger partial charge in [0.25, 0.3) is 5.91 Å². The molecule has 4 rings (SSSR count). The van der Waals surface area contributed by atoms with Gasteiger partial charge in [-0.15, -0.1) is 0 Å². The second kappa shape index (κ2) is 9.40. The first-order valence-corrected chi connectivity index (χ1v) is 11.7. The maximum atomic E-state index is 13.7. The fraction of sp³-hybridized carbons (Fsp3) is 0.407. The van der Waals surface area contributed by atoms with Crippen molar-refractivity contribution in [3.8, 4) is 0 Å². The standard InChI is InChI=1S/C27H33N3O3/c1-19(2)33-15-7-14-28-26(32)27(4)18-29-23-9-6-5-8-22(23)16-24(29)25(31)30(27)17-21-12-10-20(3)11-13-21/h5-6,8-13,16,19H,7,14-15,17-18H2,1-4H3,(H,28,32)/t27-/m1/s1. The number of nitrogens with one attached hydrogen (secondary N) is 1. The van der Waals surface area contributed by atoms with Crippen LogP contribution >= 0.6 is 0 Å². The van der Waals surface area contributed by atoms with Gasteiger partial charge in [-0.05, 0) is 51.8 Å². The Balaban J connectivity index is 1.64. The van der Waals surface area contributed by atoms with Crippen LogP contribution in [0.4, 0.5) is 0 Å². The van der Waals surface area contributed by atoms with Gasteiger partial charge in [0.1, 0.15) is 11.2 Å². The minimum atomic E-state index is -1.02. The van der Waals surface area contributed by atoms with E-state index in [1.807, 2.05) is 86.9 Å². The van der Waals surface area contributed by atoms with Gasteiger partial charge in [0, 0.05) is 30.6 Å². The summed E-state index contributed by atoms with van der Waals surface area (Å²) in [5.74, 6) is -0.269. The minimum Gasteiger partial charge on any atom is -0.379 e. The summed E-state index contributed by atoms with van der Waals surface area (Å²) >= 11 is 0. The lowest BCUT2D eigenvalue weighted by atomic mass is 9.93. The van der Waals surface area contributed by atoms with Crippen molar-refractivity contribution in [1.29, 1.82) is 0 Å². The van der Waals surface area contributed by atoms with E-state index >= 15 is 0 Å². The molecule has 2 amide bonds. The van der Waals surface area contributed by atoms with Crippen LogP contribution in [0.1, 0.15) is 48.8 Å². The quantitative estimate of drug-likeness (QED) is 0.524. The molecular formula is C27H33N3O3. The smallest absolute Gasteiger partial charge is 0.271 e. The topological polar surface area (TPSA) is 63.6 Å². The summed E-state index contributed by atoms with van der Waals surface area (Å²) in [6.07, 6.45) is 0.892. The number of nitrogens with zero attached hydrogens (tertiary/aromatic N) is 2. The summed E-state index contributed by atoms with van der Waals surface area (Å²) in [5.41, 5.74) is 2.74. The number of carbonyl (C=O) groups excluding carboxylic acids is 2. The van der Waals surface area contributed by atoms with Crippen molar-refractivity contribution in [2.45, 2.75) is 58.8 Å². The SMILES string of the molecule is Cc1ccc(CN2C(=O)c3cc4ccccc4n3C[C@]2(C)C(=O)NCCCOC(C)C)cc1. The highest BCUT2D eigenvalue weighted by Crippen LogP contribution is 2.33. The average Bonchev–Trinajstić information content (AvgIpc) is 3.16. The molecule has 0 spiro atoms. The number of aryl methyl sites for hydroxylation is 1. The average molecular weight is 448 g/mol. The predicted octanol–water partition coefficient (Wildman–Crippen LogP) is 4.30. The van der Waals surface area contributed by atoms with E-state index in [0.29, 0.717) is 31.9 Å². The first-order valence-electron chi connectivity index (χ1n) is 11.7. The molecule has 1 N–H and O–H groups in total. The third-order valence-corrected chi connectivity index (χ3v) is 6.34. The van der Waals surface area contributed by atoms with E-state index in [2.05, 4.69) is 5.32 Å². The molecule has 1 aromatic heterocycles. The monoisotopic (exact) mass is 447 g/mol. The van der Waals surface area contributed by atoms with Gasteiger partial charge in [-0.2, -0.15) is 0 Å². The Kier molecular flexibility index (Phi) is 6.56. The van der Waals surface area contributed by atoms with Gasteiger partial charge in [0.15, 0.2) is 0 Å². The van der Waals surface area contributed by atoms with Crippen LogP contribution in [0.15, 0.2) is 54.6 Å². The third kappa shape index (κ3) is 4.67. The van der Waals surface area contributed by atoms with Gasteiger partial charge in [0.05, 0.1) is 12.6 Å². The van der Waals surface area contributed by atoms with Gasteiger partial charge in [0.2, 0.25) is 5.91 Å². The lowest BCUT2D eigenvalue weighted by Gasteiger charge is -2.44. The van der Waals surface area contributed by atoms with Gasteiger partial charge in [-0.1, -0.05) is 48.0 Å². The number of para-hydroxylation sites is 1. The van der Waals surface area contributed by atoms with Gasteiger partial charge in [-0.25, -0.2) is 0 Å². The van der Waals surface area contributed by atoms with E-state index in [9.17, 15) is 9.59 Å². The van der Waals surface area contributed by atoms with Crippen molar-refractivity contribution >= 4 is 22.7 Å². The molecule has 1 aliphatic rings. The normalized spacial score (nSPS) is 18.1. The van der Waals surface area contributed by atoms with Crippen LogP contribution in [0.25, 0.3) is 10.9 Å². The number of carbonyl (C=O) groups is 2. The lowest BCUT2D eigenvalue weighted by Crippen LogP contribution is -2.63. The molecule has 2 heterocycles. The number of benzene rings is 2. The number of fused-ring (bicyclic) bond motifs is 3. The van der Waals surface area contributed by atoms with Crippen molar-refractivity contribution in [3.05, 3.63) is 71.4 Å². The van der Waals surface area contributed by atoms with Crippen molar-refractivity contribution in [2.75, 3.05) is 13.2 Å². The summed E-state index contributed by atoms with van der Waals surface area (Å²) in [4.78, 5) is 29.0. The van der Waals surface area contributed by atoms with E-state index in [1.54, 1.807) is 4.90 Å². The molecule has 3 aromatic rings. The maximum Gasteiger partial charge on any atom is 0.271 e. The molecule has 1 aliphatic heterocycles. The van der Waals surface area contributed by atoms with Crippen molar-refractivity contribution in [1.82, 2.24) is 14.8 Å². The second-order valence-electron chi connectivity index (χ2n) is 9.35. The summed E-state index contributed by atoms with van der Waals surface area (Å²) in [6, 6.07) is 18.0. The molecule has 0 unspecified atom stereocenters. The number of hydrogen-bond donors (Lipinski definition) is 1. The molecule has 0 aliphatic carbocycles. The Morgan fingerprint density at radius 2 is 1.88 bits per heavy atom. The Bertz CT molecular complexity index is 1150. The van der Waals surface area contributed by atoms with Crippen molar-refractivity contribution in [2.24, 2.45) is 0 Å². The zero-order chi connectivity index (χ0) is 23.6. The highest BCUT2D eigenvalue weighted by Gasteiger charge is 2.47. The zero-order valence-corrected chi connectivity index (χ0v) is 19.9. The van der Waals surface area contributed by atoms with Gasteiger partial charge in [-0.3, -0.25) is 9.59 Å². The lowest BCUT2D eigenvalue weighted by molar-refractivity contribution is -0.133. The molecule has 0 fully saturated rings. The molecule has 6 nitrogen and oxygen atoms in total. The Morgan fingerprint density at radius 1 is 1.15 bits per heavy atom. The number of rotatable bonds is 8. The molecule has 33 heavy (non-hydrogen) atoms. The molecule has 174 valence electrons. The number of amides is 2. The maximum absolute atomic E-state index is 13.7. The minimum absolute atomic E-state index is 0.126. The van der Waals surface area contributed by atoms with Crippen LogP contribution in [-0.2, 0) is 22.6 Å². The van der Waals surface area contributed by atoms with Gasteiger partial charge < -0.3 is 19.5 Å². The first-order chi connectivity index (χ1) is 15.8. The molecule has 0 saturated carbocycles. The second-order valence-corrected chi connectivity index (χ2v) is 9.35. The first kappa shape index (κ1) is 23.1. The van der Waals surface area contributed by atoms with Crippen LogP contribution in [-0.4, -0.2) is 46.1 Å². The third-order valence-electron chi connectivity index (χ3n) is 6.34. The molecule has 0 saturated heterocycles. The Morgan fingerprint density at radius 3 is 2.61 bits per heavy atom. The fourth-order valence-electron chi connectivity index (χ4n) is 4.41. The molecule has 2 aromatic carbocycles. The largest absolute Gasteiger partial charge is 0.379 e. The highest BCUT2D eigenvalue weighted by molar-refractivity contribution is 6.03. The molecular weight excluding hydrogens is 414 g/mol. The molecule has 1 atom stereocenters. The number of hydrogen-bond acceptors (Lipinski definition) is 3. The van der Waals surface area contributed by atoms with E-state index in [-0.39, 0.29) is 17.9 Å². The van der Waals surface area contributed by atoms with Crippen molar-refractivity contribution < 1.29 is 14.3 Å². The molecule has 0 radical (unpaired) electrons. The van der Waals surface area contributed by atoms with E-state index in [1.165, 1.54) is 0 Å². The van der Waals surface area contributed by atoms with Gasteiger partial charge >= 0.3 is 0 Å². The molecule has 6 heteroatoms. The number of ether oxygens (including phenoxy) is 1. The Hall–Kier alpha value is -3.12.